The molecule has 10 heteroatoms. The van der Waals surface area contributed by atoms with Gasteiger partial charge in [0.1, 0.15) is 36.5 Å². The quantitative estimate of drug-likeness (QED) is 0.207. The van der Waals surface area contributed by atoms with Crippen molar-refractivity contribution >= 4 is 22.7 Å². The zero-order valence-electron chi connectivity index (χ0n) is 29.0. The Morgan fingerprint density at radius 1 is 0.870 bits per heavy atom. The van der Waals surface area contributed by atoms with Gasteiger partial charge >= 0.3 is 0 Å². The van der Waals surface area contributed by atoms with E-state index in [0.717, 1.165) is 55.0 Å². The molecular formula is C36H57N3O7. The first-order valence-corrected chi connectivity index (χ1v) is 17.3. The third-order valence-electron chi connectivity index (χ3n) is 8.82. The Hall–Kier alpha value is -2.50. The molecule has 1 N–H and O–H groups in total. The third-order valence-corrected chi connectivity index (χ3v) is 8.82. The van der Waals surface area contributed by atoms with Gasteiger partial charge in [-0.05, 0) is 36.8 Å². The second-order valence-electron chi connectivity index (χ2n) is 12.7. The van der Waals surface area contributed by atoms with Gasteiger partial charge in [0.15, 0.2) is 6.23 Å². The van der Waals surface area contributed by atoms with Crippen molar-refractivity contribution in [1.29, 1.82) is 0 Å². The van der Waals surface area contributed by atoms with Gasteiger partial charge in [-0.3, -0.25) is 0 Å². The van der Waals surface area contributed by atoms with Crippen molar-refractivity contribution in [3.8, 4) is 0 Å². The Morgan fingerprint density at radius 2 is 1.52 bits per heavy atom. The van der Waals surface area contributed by atoms with E-state index in [0.29, 0.717) is 44.6 Å². The highest BCUT2D eigenvalue weighted by molar-refractivity contribution is 5.95. The second kappa shape index (κ2) is 18.2. The molecule has 0 unspecified atom stereocenters. The maximum atomic E-state index is 12.0. The first-order chi connectivity index (χ1) is 22.4. The highest BCUT2D eigenvalue weighted by Crippen LogP contribution is 2.36. The number of nitrogens with zero attached hydrogens (tertiary/aromatic N) is 3. The monoisotopic (exact) mass is 643 g/mol. The summed E-state index contributed by atoms with van der Waals surface area (Å²) in [7, 11) is 3.29. The fourth-order valence-corrected chi connectivity index (χ4v) is 6.19. The molecule has 3 heterocycles. The molecule has 1 fully saturated rings. The lowest BCUT2D eigenvalue weighted by Gasteiger charge is -2.45. The molecule has 0 aliphatic carbocycles. The van der Waals surface area contributed by atoms with Crippen LogP contribution in [0, 0.1) is 5.92 Å². The molecule has 4 rings (SSSR count). The molecule has 0 bridgehead atoms. The van der Waals surface area contributed by atoms with Gasteiger partial charge in [-0.1, -0.05) is 72.1 Å². The number of aliphatic hydroxyl groups excluding tert-OH is 1. The van der Waals surface area contributed by atoms with Crippen LogP contribution in [0.5, 0.6) is 0 Å². The fraction of sp³-hybridized carbons (Fsp3) is 0.722. The molecule has 0 radical (unpaired) electrons. The number of methoxy groups -OCH3 is 2. The minimum Gasteiger partial charge on any atom is -0.483 e. The summed E-state index contributed by atoms with van der Waals surface area (Å²) in [5, 5.41) is 13.0. The summed E-state index contributed by atoms with van der Waals surface area (Å²) in [6.07, 6.45) is 5.37. The predicted molar refractivity (Wildman–Crippen MR) is 182 cm³/mol. The van der Waals surface area contributed by atoms with Crippen molar-refractivity contribution in [2.45, 2.75) is 122 Å². The Balaban J connectivity index is 1.70. The van der Waals surface area contributed by atoms with Crippen LogP contribution in [0.25, 0.3) is 10.9 Å². The molecule has 0 spiro atoms. The summed E-state index contributed by atoms with van der Waals surface area (Å²) >= 11 is 0. The molecule has 10 nitrogen and oxygen atoms in total. The Bertz CT molecular complexity index is 1260. The number of aliphatic hydroxyl groups is 1. The number of ether oxygens (including phenoxy) is 6. The van der Waals surface area contributed by atoms with Gasteiger partial charge < -0.3 is 38.1 Å². The normalized spacial score (nSPS) is 26.8. The summed E-state index contributed by atoms with van der Waals surface area (Å²) in [6.45, 7) is 12.7. The van der Waals surface area contributed by atoms with Crippen LogP contribution in [-0.2, 0) is 34.8 Å². The van der Waals surface area contributed by atoms with E-state index in [9.17, 15) is 5.11 Å². The zero-order chi connectivity index (χ0) is 33.1. The van der Waals surface area contributed by atoms with Crippen molar-refractivity contribution in [3.63, 3.8) is 0 Å². The molecule has 2 aromatic rings. The van der Waals surface area contributed by atoms with Crippen LogP contribution in [0.15, 0.2) is 40.4 Å². The van der Waals surface area contributed by atoms with E-state index >= 15 is 0 Å². The molecule has 2 aliphatic rings. The fourth-order valence-electron chi connectivity index (χ4n) is 6.19. The van der Waals surface area contributed by atoms with Crippen molar-refractivity contribution in [2.75, 3.05) is 40.6 Å². The van der Waals surface area contributed by atoms with Crippen LogP contribution in [0.4, 0.5) is 0 Å². The average molecular weight is 644 g/mol. The topological polar surface area (TPSA) is 105 Å². The molecule has 1 saturated heterocycles. The number of fused-ring (bicyclic) bond motifs is 1. The third kappa shape index (κ3) is 8.69. The first-order valence-electron chi connectivity index (χ1n) is 17.3. The van der Waals surface area contributed by atoms with Crippen molar-refractivity contribution in [1.82, 2.24) is 4.57 Å². The van der Waals surface area contributed by atoms with Crippen LogP contribution in [0.2, 0.25) is 0 Å². The van der Waals surface area contributed by atoms with E-state index in [-0.39, 0.29) is 18.0 Å². The standard InChI is InChI=1S/C36H57N3O7/c1-8-11-18-43-23-29-32(44-19-12-9-2)33(45-20-13-10-3)31(40)36(46-29)39-22-25(26-16-14-15-17-28(26)39)21-27-34(41-6)38-30(24(4)5)35(37-27)42-7/h14-17,22,24,27,29-33,36,40H,8-13,18-21,23H2,1-7H3/t27-,29-,30+,31+,32-,33-,36+/m1/s1. The molecule has 2 aliphatic heterocycles. The molecule has 46 heavy (non-hydrogen) atoms. The zero-order valence-corrected chi connectivity index (χ0v) is 29.0. The minimum absolute atomic E-state index is 0.183. The summed E-state index contributed by atoms with van der Waals surface area (Å²) in [4.78, 5) is 9.83. The van der Waals surface area contributed by atoms with E-state index in [1.165, 1.54) is 0 Å². The molecule has 1 aromatic heterocycles. The van der Waals surface area contributed by atoms with E-state index in [1.54, 1.807) is 14.2 Å². The molecule has 0 saturated carbocycles. The molecule has 7 atom stereocenters. The lowest BCUT2D eigenvalue weighted by atomic mass is 9.97. The predicted octanol–water partition coefficient (Wildman–Crippen LogP) is 6.13. The van der Waals surface area contributed by atoms with Gasteiger partial charge in [0.05, 0.1) is 26.3 Å². The number of hydrogen-bond donors (Lipinski definition) is 1. The van der Waals surface area contributed by atoms with Gasteiger partial charge in [-0.15, -0.1) is 0 Å². The molecule has 258 valence electrons. The number of unbranched alkanes of at least 4 members (excludes halogenated alkanes) is 3. The van der Waals surface area contributed by atoms with Crippen LogP contribution < -0.4 is 0 Å². The molecule has 1 aromatic carbocycles. The van der Waals surface area contributed by atoms with Crippen molar-refractivity contribution in [2.24, 2.45) is 15.9 Å². The van der Waals surface area contributed by atoms with Crippen molar-refractivity contribution < 1.29 is 33.5 Å². The SMILES string of the molecule is CCCCOC[C@H]1O[C@H](n2cc(C[C@H]3N=C(OC)[C@H](C(C)C)N=C3OC)c3ccccc32)[C@@H](O)[C@@H](OCCCC)[C@@H]1OCCCC. The second-order valence-corrected chi connectivity index (χ2v) is 12.7. The number of para-hydroxylation sites is 1. The van der Waals surface area contributed by atoms with Gasteiger partial charge in [0.25, 0.3) is 0 Å². The average Bonchev–Trinajstić information content (AvgIpc) is 3.42. The number of rotatable bonds is 17. The van der Waals surface area contributed by atoms with Crippen LogP contribution in [-0.4, -0.2) is 98.6 Å². The highest BCUT2D eigenvalue weighted by Gasteiger charge is 2.48. The first kappa shape index (κ1) is 36.3. The van der Waals surface area contributed by atoms with Crippen molar-refractivity contribution in [3.05, 3.63) is 36.0 Å². The molecule has 0 amide bonds. The number of aliphatic imine (C=N–C) groups is 2. The summed E-state index contributed by atoms with van der Waals surface area (Å²) in [5.74, 6) is 1.42. The number of benzene rings is 1. The summed E-state index contributed by atoms with van der Waals surface area (Å²) in [5.41, 5.74) is 2.00. The molecular weight excluding hydrogens is 586 g/mol. The lowest BCUT2D eigenvalue weighted by Crippen LogP contribution is -2.58. The van der Waals surface area contributed by atoms with Crippen LogP contribution >= 0.6 is 0 Å². The Morgan fingerprint density at radius 3 is 2.17 bits per heavy atom. The largest absolute Gasteiger partial charge is 0.483 e. The highest BCUT2D eigenvalue weighted by atomic mass is 16.6. The van der Waals surface area contributed by atoms with Gasteiger partial charge in [-0.25, -0.2) is 9.98 Å². The van der Waals surface area contributed by atoms with E-state index in [2.05, 4.69) is 52.9 Å². The van der Waals surface area contributed by atoms with E-state index in [4.69, 9.17) is 38.4 Å². The Kier molecular flexibility index (Phi) is 14.3. The van der Waals surface area contributed by atoms with E-state index < -0.39 is 30.6 Å². The van der Waals surface area contributed by atoms with Crippen LogP contribution in [0.3, 0.4) is 0 Å². The van der Waals surface area contributed by atoms with Gasteiger partial charge in [-0.2, -0.15) is 0 Å². The summed E-state index contributed by atoms with van der Waals surface area (Å²) in [6, 6.07) is 7.66. The summed E-state index contributed by atoms with van der Waals surface area (Å²) < 4.78 is 39.2. The van der Waals surface area contributed by atoms with Gasteiger partial charge in [0.2, 0.25) is 11.8 Å². The van der Waals surface area contributed by atoms with Crippen LogP contribution in [0.1, 0.15) is 84.9 Å². The lowest BCUT2D eigenvalue weighted by molar-refractivity contribution is -0.273. The van der Waals surface area contributed by atoms with Gasteiger partial charge in [0, 0.05) is 37.8 Å². The Labute approximate surface area is 275 Å². The smallest absolute Gasteiger partial charge is 0.209 e. The maximum Gasteiger partial charge on any atom is 0.209 e. The van der Waals surface area contributed by atoms with E-state index in [1.807, 2.05) is 16.7 Å². The maximum absolute atomic E-state index is 12.0. The number of hydrogen-bond acceptors (Lipinski definition) is 9. The minimum atomic E-state index is -0.963. The number of aromatic nitrogens is 1.